The summed E-state index contributed by atoms with van der Waals surface area (Å²) in [7, 11) is 0. The van der Waals surface area contributed by atoms with Gasteiger partial charge >= 0.3 is 12.1 Å². The van der Waals surface area contributed by atoms with Crippen molar-refractivity contribution in [3.8, 4) is 0 Å². The van der Waals surface area contributed by atoms with E-state index in [1.165, 1.54) is 0 Å². The number of hydrogen-bond donors (Lipinski definition) is 0. The molecule has 2 aliphatic rings. The van der Waals surface area contributed by atoms with Gasteiger partial charge in [0, 0.05) is 6.54 Å². The Morgan fingerprint density at radius 3 is 2.48 bits per heavy atom. The first-order valence-electron chi connectivity index (χ1n) is 6.68. The predicted molar refractivity (Wildman–Crippen MR) is 70.3 cm³/mol. The maximum Gasteiger partial charge on any atom is 0.471 e. The fraction of sp³-hybridized carbons (Fsp3) is 0.750. The van der Waals surface area contributed by atoms with Crippen LogP contribution in [0.5, 0.6) is 0 Å². The Kier molecular flexibility index (Phi) is 4.70. The first kappa shape index (κ1) is 16.0. The topological polar surface area (TPSA) is 49.9 Å². The average molecular weight is 324 g/mol. The molecule has 0 aromatic carbocycles. The summed E-state index contributed by atoms with van der Waals surface area (Å²) in [6.07, 6.45) is -3.04. The van der Waals surface area contributed by atoms with Crippen molar-refractivity contribution in [1.29, 1.82) is 0 Å². The largest absolute Gasteiger partial charge is 0.471 e. The molecule has 0 aromatic heterocycles. The zero-order valence-electron chi connectivity index (χ0n) is 11.2. The van der Waals surface area contributed by atoms with E-state index < -0.39 is 24.0 Å². The van der Waals surface area contributed by atoms with Gasteiger partial charge in [-0.1, -0.05) is 12.8 Å². The molecule has 2 fully saturated rings. The van der Waals surface area contributed by atoms with Gasteiger partial charge in [0.1, 0.15) is 12.6 Å². The highest BCUT2D eigenvalue weighted by Crippen LogP contribution is 2.26. The van der Waals surface area contributed by atoms with Crippen molar-refractivity contribution in [2.24, 2.45) is 0 Å². The lowest BCUT2D eigenvalue weighted by Gasteiger charge is -2.31. The Hall–Kier alpha value is -1.38. The number of hydrogen-bond acceptors (Lipinski definition) is 4. The lowest BCUT2D eigenvalue weighted by Crippen LogP contribution is -2.54. The number of halogens is 3. The van der Waals surface area contributed by atoms with Crippen LogP contribution in [-0.2, 0) is 14.3 Å². The van der Waals surface area contributed by atoms with Crippen LogP contribution >= 0.6 is 12.2 Å². The summed E-state index contributed by atoms with van der Waals surface area (Å²) in [5, 5.41) is -0.0383. The van der Waals surface area contributed by atoms with Crippen molar-refractivity contribution < 1.29 is 27.5 Å². The molecule has 2 aliphatic heterocycles. The Bertz CT molecular complexity index is 456. The van der Waals surface area contributed by atoms with Crippen LogP contribution in [0.25, 0.3) is 0 Å². The molecule has 21 heavy (non-hydrogen) atoms. The lowest BCUT2D eigenvalue weighted by atomic mass is 10.1. The van der Waals surface area contributed by atoms with Gasteiger partial charge in [-0.2, -0.15) is 13.2 Å². The molecule has 0 bridgehead atoms. The van der Waals surface area contributed by atoms with Crippen molar-refractivity contribution in [2.75, 3.05) is 19.7 Å². The number of thiocarbonyl (C=S) groups is 1. The van der Waals surface area contributed by atoms with Gasteiger partial charge < -0.3 is 9.64 Å². The van der Waals surface area contributed by atoms with Crippen LogP contribution in [0.3, 0.4) is 0 Å². The quantitative estimate of drug-likeness (QED) is 0.685. The van der Waals surface area contributed by atoms with E-state index in [9.17, 15) is 22.8 Å². The van der Waals surface area contributed by atoms with Gasteiger partial charge in [-0.05, 0) is 25.1 Å². The molecule has 2 saturated heterocycles. The minimum Gasteiger partial charge on any atom is -0.469 e. The van der Waals surface area contributed by atoms with Gasteiger partial charge in [0.25, 0.3) is 11.1 Å². The summed E-state index contributed by atoms with van der Waals surface area (Å²) in [4.78, 5) is 25.7. The first-order chi connectivity index (χ1) is 9.82. The summed E-state index contributed by atoms with van der Waals surface area (Å²) in [6.45, 7) is 0.364. The zero-order valence-corrected chi connectivity index (χ0v) is 12.0. The van der Waals surface area contributed by atoms with Crippen molar-refractivity contribution in [3.05, 3.63) is 0 Å². The highest BCUT2D eigenvalue weighted by atomic mass is 32.1. The summed E-state index contributed by atoms with van der Waals surface area (Å²) >= 11 is 4.85. The van der Waals surface area contributed by atoms with Crippen molar-refractivity contribution >= 4 is 29.2 Å². The van der Waals surface area contributed by atoms with Crippen LogP contribution in [0, 0.1) is 0 Å². The van der Waals surface area contributed by atoms with Crippen molar-refractivity contribution in [2.45, 2.75) is 37.9 Å². The van der Waals surface area contributed by atoms with Crippen LogP contribution in [0.1, 0.15) is 25.7 Å². The summed E-state index contributed by atoms with van der Waals surface area (Å²) < 4.78 is 43.1. The molecule has 0 N–H and O–H groups in total. The molecule has 5 nitrogen and oxygen atoms in total. The normalized spacial score (nSPS) is 23.8. The second-order valence-corrected chi connectivity index (χ2v) is 5.31. The van der Waals surface area contributed by atoms with Crippen LogP contribution in [0.4, 0.5) is 13.2 Å². The minimum absolute atomic E-state index is 0.0383. The molecule has 0 spiro atoms. The Morgan fingerprint density at radius 2 is 1.90 bits per heavy atom. The molecular weight excluding hydrogens is 309 g/mol. The molecule has 2 amide bonds. The van der Waals surface area contributed by atoms with Gasteiger partial charge in [0.2, 0.25) is 0 Å². The number of likely N-dealkylation sites (tertiary alicyclic amines) is 1. The van der Waals surface area contributed by atoms with E-state index in [4.69, 9.17) is 17.0 Å². The molecule has 0 saturated carbocycles. The minimum atomic E-state index is -4.98. The fourth-order valence-corrected chi connectivity index (χ4v) is 2.81. The van der Waals surface area contributed by atoms with E-state index in [1.807, 2.05) is 0 Å². The van der Waals surface area contributed by atoms with E-state index in [2.05, 4.69) is 0 Å². The number of nitrogens with zero attached hydrogens (tertiary/aromatic N) is 2. The number of ether oxygens (including phenoxy) is 1. The maximum atomic E-state index is 12.7. The average Bonchev–Trinajstić information content (AvgIpc) is 2.70. The van der Waals surface area contributed by atoms with E-state index in [1.54, 1.807) is 0 Å². The SMILES string of the molecule is O=C([C@H]1CCCCCN1C(=O)C(F)(F)F)N1CCOC1=S. The molecule has 2 heterocycles. The molecule has 0 aromatic rings. The third-order valence-electron chi connectivity index (χ3n) is 3.57. The summed E-state index contributed by atoms with van der Waals surface area (Å²) in [5.74, 6) is -2.55. The second kappa shape index (κ2) is 6.17. The Labute approximate surface area is 125 Å². The predicted octanol–water partition coefficient (Wildman–Crippen LogP) is 1.46. The second-order valence-electron chi connectivity index (χ2n) is 4.97. The number of rotatable bonds is 1. The molecule has 9 heteroatoms. The van der Waals surface area contributed by atoms with Gasteiger partial charge in [-0.3, -0.25) is 14.5 Å². The molecule has 118 valence electrons. The molecule has 0 unspecified atom stereocenters. The first-order valence-corrected chi connectivity index (χ1v) is 7.09. The van der Waals surface area contributed by atoms with E-state index in [0.717, 1.165) is 4.90 Å². The summed E-state index contributed by atoms with van der Waals surface area (Å²) in [6, 6.07) is -1.12. The van der Waals surface area contributed by atoms with Crippen LogP contribution in [0.15, 0.2) is 0 Å². The Balaban J connectivity index is 2.21. The van der Waals surface area contributed by atoms with Gasteiger partial charge in [0.05, 0.1) is 6.54 Å². The molecule has 0 aliphatic carbocycles. The monoisotopic (exact) mass is 324 g/mol. The maximum absolute atomic E-state index is 12.7. The standard InChI is InChI=1S/C12H15F3N2O3S/c13-12(14,15)10(19)16-5-3-1-2-4-8(16)9(18)17-6-7-20-11(17)21/h8H,1-7H2/t8-/m1/s1. The third kappa shape index (κ3) is 3.45. The molecule has 1 atom stereocenters. The molecule has 0 radical (unpaired) electrons. The van der Waals surface area contributed by atoms with E-state index in [-0.39, 0.29) is 31.3 Å². The number of amides is 2. The molecule has 2 rings (SSSR count). The molecular formula is C12H15F3N2O3S. The van der Waals surface area contributed by atoms with Gasteiger partial charge in [0.15, 0.2) is 0 Å². The number of carbonyl (C=O) groups excluding carboxylic acids is 2. The lowest BCUT2D eigenvalue weighted by molar-refractivity contribution is -0.188. The number of alkyl halides is 3. The Morgan fingerprint density at radius 1 is 1.19 bits per heavy atom. The third-order valence-corrected chi connectivity index (χ3v) is 3.91. The van der Waals surface area contributed by atoms with Gasteiger partial charge in [-0.25, -0.2) is 0 Å². The van der Waals surface area contributed by atoms with Crippen LogP contribution < -0.4 is 0 Å². The van der Waals surface area contributed by atoms with Crippen molar-refractivity contribution in [3.63, 3.8) is 0 Å². The van der Waals surface area contributed by atoms with Crippen LogP contribution in [0.2, 0.25) is 0 Å². The highest BCUT2D eigenvalue weighted by molar-refractivity contribution is 7.80. The highest BCUT2D eigenvalue weighted by Gasteiger charge is 2.47. The number of carbonyl (C=O) groups is 2. The van der Waals surface area contributed by atoms with Gasteiger partial charge in [-0.15, -0.1) is 0 Å². The van der Waals surface area contributed by atoms with E-state index >= 15 is 0 Å². The zero-order chi connectivity index (χ0) is 15.6. The van der Waals surface area contributed by atoms with E-state index in [0.29, 0.717) is 24.2 Å². The summed E-state index contributed by atoms with van der Waals surface area (Å²) in [5.41, 5.74) is 0. The van der Waals surface area contributed by atoms with Crippen LogP contribution in [-0.4, -0.2) is 58.7 Å². The fourth-order valence-electron chi connectivity index (χ4n) is 2.54. The van der Waals surface area contributed by atoms with Crippen molar-refractivity contribution in [1.82, 2.24) is 9.80 Å². The smallest absolute Gasteiger partial charge is 0.469 e.